The monoisotopic (exact) mass is 275 g/mol. The molecule has 0 saturated carbocycles. The van der Waals surface area contributed by atoms with Crippen LogP contribution in [0.15, 0.2) is 30.3 Å². The molecule has 0 radical (unpaired) electrons. The van der Waals surface area contributed by atoms with E-state index in [4.69, 9.17) is 5.73 Å². The third-order valence-corrected chi connectivity index (χ3v) is 4.32. The van der Waals surface area contributed by atoms with E-state index in [9.17, 15) is 4.79 Å². The third kappa shape index (κ3) is 3.02. The molecule has 1 aliphatic heterocycles. The molecule has 2 atom stereocenters. The SMILES string of the molecule is CNC(CN1CCCC(C)C1)(C(N)=O)c1ccccc1. The number of hydrogen-bond donors (Lipinski definition) is 2. The number of hydrogen-bond acceptors (Lipinski definition) is 3. The number of piperidine rings is 1. The number of primary amides is 1. The number of nitrogens with zero attached hydrogens (tertiary/aromatic N) is 1. The fourth-order valence-electron chi connectivity index (χ4n) is 3.15. The summed E-state index contributed by atoms with van der Waals surface area (Å²) in [7, 11) is 1.81. The first-order valence-corrected chi connectivity index (χ1v) is 7.35. The van der Waals surface area contributed by atoms with Gasteiger partial charge in [0.05, 0.1) is 0 Å². The third-order valence-electron chi connectivity index (χ3n) is 4.32. The molecular formula is C16H25N3O. The molecule has 1 fully saturated rings. The highest BCUT2D eigenvalue weighted by molar-refractivity contribution is 5.86. The molecule has 1 amide bonds. The summed E-state index contributed by atoms with van der Waals surface area (Å²) in [6.07, 6.45) is 2.46. The van der Waals surface area contributed by atoms with Crippen molar-refractivity contribution >= 4 is 5.91 Å². The molecule has 0 spiro atoms. The van der Waals surface area contributed by atoms with Crippen LogP contribution in [0.1, 0.15) is 25.3 Å². The van der Waals surface area contributed by atoms with Gasteiger partial charge in [-0.3, -0.25) is 4.79 Å². The van der Waals surface area contributed by atoms with Crippen LogP contribution in [-0.4, -0.2) is 37.5 Å². The molecule has 20 heavy (non-hydrogen) atoms. The van der Waals surface area contributed by atoms with Gasteiger partial charge in [-0.05, 0) is 37.9 Å². The van der Waals surface area contributed by atoms with Gasteiger partial charge in [0, 0.05) is 13.1 Å². The van der Waals surface area contributed by atoms with E-state index in [2.05, 4.69) is 17.1 Å². The summed E-state index contributed by atoms with van der Waals surface area (Å²) in [5, 5.41) is 3.18. The van der Waals surface area contributed by atoms with Gasteiger partial charge in [0.25, 0.3) is 0 Å². The Balaban J connectivity index is 2.25. The van der Waals surface area contributed by atoms with Gasteiger partial charge in [-0.1, -0.05) is 37.3 Å². The first kappa shape index (κ1) is 15.0. The van der Waals surface area contributed by atoms with Crippen LogP contribution in [-0.2, 0) is 10.3 Å². The van der Waals surface area contributed by atoms with Crippen molar-refractivity contribution in [3.63, 3.8) is 0 Å². The summed E-state index contributed by atoms with van der Waals surface area (Å²) in [4.78, 5) is 14.5. The highest BCUT2D eigenvalue weighted by Crippen LogP contribution is 2.25. The summed E-state index contributed by atoms with van der Waals surface area (Å²) in [5.74, 6) is 0.367. The first-order chi connectivity index (χ1) is 9.58. The molecule has 3 N–H and O–H groups in total. The summed E-state index contributed by atoms with van der Waals surface area (Å²) < 4.78 is 0. The van der Waals surface area contributed by atoms with Crippen LogP contribution in [0.5, 0.6) is 0 Å². The first-order valence-electron chi connectivity index (χ1n) is 7.35. The summed E-state index contributed by atoms with van der Waals surface area (Å²) in [6, 6.07) is 9.78. The molecule has 0 aliphatic carbocycles. The van der Waals surface area contributed by atoms with Gasteiger partial charge >= 0.3 is 0 Å². The van der Waals surface area contributed by atoms with E-state index in [-0.39, 0.29) is 5.91 Å². The molecule has 0 aromatic heterocycles. The van der Waals surface area contributed by atoms with Gasteiger partial charge in [-0.15, -0.1) is 0 Å². The van der Waals surface area contributed by atoms with E-state index in [1.54, 1.807) is 0 Å². The maximum absolute atomic E-state index is 12.1. The Bertz CT molecular complexity index is 448. The van der Waals surface area contributed by atoms with Crippen molar-refractivity contribution in [1.82, 2.24) is 10.2 Å². The van der Waals surface area contributed by atoms with Gasteiger partial charge in [0.2, 0.25) is 5.91 Å². The van der Waals surface area contributed by atoms with Crippen molar-refractivity contribution in [3.05, 3.63) is 35.9 Å². The van der Waals surface area contributed by atoms with Crippen LogP contribution in [0.4, 0.5) is 0 Å². The highest BCUT2D eigenvalue weighted by atomic mass is 16.1. The molecule has 1 aromatic rings. The molecule has 1 heterocycles. The second kappa shape index (κ2) is 6.37. The van der Waals surface area contributed by atoms with Crippen LogP contribution >= 0.6 is 0 Å². The predicted molar refractivity (Wildman–Crippen MR) is 81.2 cm³/mol. The quantitative estimate of drug-likeness (QED) is 0.852. The molecule has 2 unspecified atom stereocenters. The van der Waals surface area contributed by atoms with Crippen molar-refractivity contribution < 1.29 is 4.79 Å². The zero-order valence-electron chi connectivity index (χ0n) is 12.4. The number of likely N-dealkylation sites (tertiary alicyclic amines) is 1. The van der Waals surface area contributed by atoms with E-state index in [1.807, 2.05) is 37.4 Å². The standard InChI is InChI=1S/C16H25N3O/c1-13-7-6-10-19(11-13)12-16(18-2,15(17)20)14-8-4-3-5-9-14/h3-5,8-9,13,18H,6-7,10-12H2,1-2H3,(H2,17,20). The van der Waals surface area contributed by atoms with Crippen molar-refractivity contribution in [2.75, 3.05) is 26.7 Å². The predicted octanol–water partition coefficient (Wildman–Crippen LogP) is 1.32. The number of carbonyl (C=O) groups excluding carboxylic acids is 1. The molecular weight excluding hydrogens is 250 g/mol. The molecule has 0 bridgehead atoms. The summed E-state index contributed by atoms with van der Waals surface area (Å²) in [5.41, 5.74) is 5.87. The topological polar surface area (TPSA) is 58.4 Å². The Morgan fingerprint density at radius 3 is 2.70 bits per heavy atom. The van der Waals surface area contributed by atoms with E-state index in [0.29, 0.717) is 12.5 Å². The molecule has 1 saturated heterocycles. The average Bonchev–Trinajstić information content (AvgIpc) is 2.45. The van der Waals surface area contributed by atoms with Gasteiger partial charge in [0.1, 0.15) is 5.54 Å². The zero-order valence-corrected chi connectivity index (χ0v) is 12.4. The van der Waals surface area contributed by atoms with Crippen LogP contribution in [0.2, 0.25) is 0 Å². The van der Waals surface area contributed by atoms with Gasteiger partial charge in [-0.2, -0.15) is 0 Å². The van der Waals surface area contributed by atoms with Crippen LogP contribution < -0.4 is 11.1 Å². The fourth-order valence-corrected chi connectivity index (χ4v) is 3.15. The number of nitrogens with two attached hydrogens (primary N) is 1. The molecule has 1 aromatic carbocycles. The van der Waals surface area contributed by atoms with Gasteiger partial charge in [-0.25, -0.2) is 0 Å². The Kier molecular flexibility index (Phi) is 4.78. The second-order valence-electron chi connectivity index (χ2n) is 5.87. The lowest BCUT2D eigenvalue weighted by Gasteiger charge is -2.39. The maximum atomic E-state index is 12.1. The minimum atomic E-state index is -0.807. The van der Waals surface area contributed by atoms with Crippen molar-refractivity contribution in [3.8, 4) is 0 Å². The Morgan fingerprint density at radius 1 is 1.45 bits per heavy atom. The van der Waals surface area contributed by atoms with Gasteiger partial charge in [0.15, 0.2) is 0 Å². The number of amides is 1. The zero-order chi connectivity index (χ0) is 14.6. The second-order valence-corrected chi connectivity index (χ2v) is 5.87. The lowest BCUT2D eigenvalue weighted by molar-refractivity contribution is -0.125. The molecule has 2 rings (SSSR count). The summed E-state index contributed by atoms with van der Waals surface area (Å²) in [6.45, 7) is 4.96. The molecule has 1 aliphatic rings. The minimum absolute atomic E-state index is 0.315. The minimum Gasteiger partial charge on any atom is -0.368 e. The van der Waals surface area contributed by atoms with Crippen LogP contribution in [0.25, 0.3) is 0 Å². The highest BCUT2D eigenvalue weighted by Gasteiger charge is 2.39. The van der Waals surface area contributed by atoms with Gasteiger partial charge < -0.3 is 16.0 Å². The van der Waals surface area contributed by atoms with Crippen LogP contribution in [0, 0.1) is 5.92 Å². The van der Waals surface area contributed by atoms with E-state index in [0.717, 1.165) is 18.7 Å². The van der Waals surface area contributed by atoms with Crippen LogP contribution in [0.3, 0.4) is 0 Å². The number of carbonyl (C=O) groups is 1. The Labute approximate surface area is 121 Å². The van der Waals surface area contributed by atoms with E-state index < -0.39 is 5.54 Å². The molecule has 4 heteroatoms. The molecule has 110 valence electrons. The Morgan fingerprint density at radius 2 is 2.15 bits per heavy atom. The number of likely N-dealkylation sites (N-methyl/N-ethyl adjacent to an activating group) is 1. The van der Waals surface area contributed by atoms with E-state index in [1.165, 1.54) is 12.8 Å². The lowest BCUT2D eigenvalue weighted by Crippen LogP contribution is -2.58. The van der Waals surface area contributed by atoms with E-state index >= 15 is 0 Å². The average molecular weight is 275 g/mol. The van der Waals surface area contributed by atoms with Crippen molar-refractivity contribution in [2.24, 2.45) is 11.7 Å². The van der Waals surface area contributed by atoms with Crippen molar-refractivity contribution in [2.45, 2.75) is 25.3 Å². The summed E-state index contributed by atoms with van der Waals surface area (Å²) >= 11 is 0. The number of nitrogens with one attached hydrogen (secondary N) is 1. The lowest BCUT2D eigenvalue weighted by atomic mass is 9.87. The normalized spacial score (nSPS) is 23.2. The number of rotatable bonds is 5. The van der Waals surface area contributed by atoms with Crippen molar-refractivity contribution in [1.29, 1.82) is 0 Å². The fraction of sp³-hybridized carbons (Fsp3) is 0.562. The Hall–Kier alpha value is -1.39. The molecule has 4 nitrogen and oxygen atoms in total. The smallest absolute Gasteiger partial charge is 0.243 e. The number of benzene rings is 1. The largest absolute Gasteiger partial charge is 0.368 e. The maximum Gasteiger partial charge on any atom is 0.243 e.